The lowest BCUT2D eigenvalue weighted by Crippen LogP contribution is -2.25. The molecule has 3 aromatic rings. The molecular formula is C15H20N4OS2. The van der Waals surface area contributed by atoms with Crippen LogP contribution in [0.25, 0.3) is 4.96 Å². The Morgan fingerprint density at radius 3 is 2.91 bits per heavy atom. The Hall–Kier alpha value is -1.44. The topological polar surface area (TPSA) is 53.7 Å². The van der Waals surface area contributed by atoms with Crippen LogP contribution in [0, 0.1) is 6.92 Å². The normalized spacial score (nSPS) is 13.3. The van der Waals surface area contributed by atoms with Crippen LogP contribution in [0.3, 0.4) is 0 Å². The van der Waals surface area contributed by atoms with Gasteiger partial charge in [0.15, 0.2) is 0 Å². The maximum atomic E-state index is 10.6. The van der Waals surface area contributed by atoms with E-state index in [0.29, 0.717) is 5.82 Å². The van der Waals surface area contributed by atoms with E-state index in [-0.39, 0.29) is 11.9 Å². The lowest BCUT2D eigenvalue weighted by Gasteiger charge is -2.26. The van der Waals surface area contributed by atoms with Gasteiger partial charge in [0.1, 0.15) is 5.82 Å². The zero-order valence-electron chi connectivity index (χ0n) is 13.0. The molecular weight excluding hydrogens is 316 g/mol. The standard InChI is InChI=1S/C15H20N4OS2/c1-4-5-8-18(3)12(11-7-6-9-21-11)13-14(20)19-15(22-13)16-10(2)17-19/h6-7,9,12,20H,4-5,8H2,1-3H3. The van der Waals surface area contributed by atoms with E-state index < -0.39 is 0 Å². The van der Waals surface area contributed by atoms with Gasteiger partial charge >= 0.3 is 0 Å². The fraction of sp³-hybridized carbons (Fsp3) is 0.467. The van der Waals surface area contributed by atoms with E-state index in [1.807, 2.05) is 6.92 Å². The van der Waals surface area contributed by atoms with Crippen molar-refractivity contribution in [2.75, 3.05) is 13.6 Å². The third-order valence-electron chi connectivity index (χ3n) is 3.67. The molecule has 22 heavy (non-hydrogen) atoms. The molecule has 0 aliphatic heterocycles. The van der Waals surface area contributed by atoms with Gasteiger partial charge in [0.2, 0.25) is 10.8 Å². The van der Waals surface area contributed by atoms with Crippen LogP contribution in [0.4, 0.5) is 0 Å². The molecule has 3 aromatic heterocycles. The molecule has 0 saturated carbocycles. The maximum absolute atomic E-state index is 10.6. The first-order chi connectivity index (χ1) is 10.6. The highest BCUT2D eigenvalue weighted by molar-refractivity contribution is 7.17. The molecule has 1 N–H and O–H groups in total. The molecule has 0 saturated heterocycles. The smallest absolute Gasteiger partial charge is 0.230 e. The van der Waals surface area contributed by atoms with E-state index in [4.69, 9.17) is 0 Å². The summed E-state index contributed by atoms with van der Waals surface area (Å²) in [6.45, 7) is 5.02. The minimum atomic E-state index is 0.0559. The number of aromatic hydroxyl groups is 1. The first-order valence-electron chi connectivity index (χ1n) is 7.40. The van der Waals surface area contributed by atoms with Crippen molar-refractivity contribution in [1.82, 2.24) is 19.5 Å². The molecule has 0 amide bonds. The minimum absolute atomic E-state index is 0.0559. The summed E-state index contributed by atoms with van der Waals surface area (Å²) >= 11 is 3.23. The predicted molar refractivity (Wildman–Crippen MR) is 91.0 cm³/mol. The lowest BCUT2D eigenvalue weighted by molar-refractivity contribution is 0.274. The zero-order valence-corrected chi connectivity index (χ0v) is 14.6. The van der Waals surface area contributed by atoms with Crippen LogP contribution in [0.1, 0.15) is 41.4 Å². The van der Waals surface area contributed by atoms with Crippen LogP contribution in [0.5, 0.6) is 5.88 Å². The molecule has 1 unspecified atom stereocenters. The van der Waals surface area contributed by atoms with Gasteiger partial charge in [0.25, 0.3) is 0 Å². The summed E-state index contributed by atoms with van der Waals surface area (Å²) < 4.78 is 1.55. The fourth-order valence-electron chi connectivity index (χ4n) is 2.56. The molecule has 3 rings (SSSR count). The van der Waals surface area contributed by atoms with Crippen LogP contribution in [-0.4, -0.2) is 38.2 Å². The number of hydrogen-bond acceptors (Lipinski definition) is 6. The number of fused-ring (bicyclic) bond motifs is 1. The van der Waals surface area contributed by atoms with Gasteiger partial charge in [-0.15, -0.1) is 16.4 Å². The molecule has 0 bridgehead atoms. The third kappa shape index (κ3) is 2.76. The molecule has 0 aliphatic carbocycles. The van der Waals surface area contributed by atoms with E-state index in [2.05, 4.69) is 46.5 Å². The Kier molecular flexibility index (Phi) is 4.46. The van der Waals surface area contributed by atoms with Crippen LogP contribution < -0.4 is 0 Å². The largest absolute Gasteiger partial charge is 0.492 e. The third-order valence-corrected chi connectivity index (χ3v) is 5.67. The van der Waals surface area contributed by atoms with E-state index in [1.165, 1.54) is 16.2 Å². The first kappa shape index (κ1) is 15.5. The van der Waals surface area contributed by atoms with Crippen molar-refractivity contribution in [2.45, 2.75) is 32.7 Å². The van der Waals surface area contributed by atoms with Crippen LogP contribution in [0.15, 0.2) is 17.5 Å². The molecule has 0 fully saturated rings. The molecule has 0 radical (unpaired) electrons. The van der Waals surface area contributed by atoms with Gasteiger partial charge in [0, 0.05) is 4.88 Å². The molecule has 5 nitrogen and oxygen atoms in total. The van der Waals surface area contributed by atoms with Gasteiger partial charge in [-0.1, -0.05) is 30.7 Å². The van der Waals surface area contributed by atoms with E-state index >= 15 is 0 Å². The zero-order chi connectivity index (χ0) is 15.7. The lowest BCUT2D eigenvalue weighted by atomic mass is 10.1. The highest BCUT2D eigenvalue weighted by Gasteiger charge is 2.27. The van der Waals surface area contributed by atoms with Crippen molar-refractivity contribution in [3.8, 4) is 5.88 Å². The van der Waals surface area contributed by atoms with Gasteiger partial charge in [-0.3, -0.25) is 4.90 Å². The SMILES string of the molecule is CCCCN(C)C(c1cccs1)c1sc2nc(C)nn2c1O. The van der Waals surface area contributed by atoms with Crippen LogP contribution in [0.2, 0.25) is 0 Å². The van der Waals surface area contributed by atoms with Crippen molar-refractivity contribution in [3.05, 3.63) is 33.1 Å². The fourth-order valence-corrected chi connectivity index (χ4v) is 4.71. The van der Waals surface area contributed by atoms with Gasteiger partial charge in [-0.2, -0.15) is 4.52 Å². The highest BCUT2D eigenvalue weighted by atomic mass is 32.1. The summed E-state index contributed by atoms with van der Waals surface area (Å²) in [5.41, 5.74) is 0. The Bertz CT molecular complexity index is 747. The Morgan fingerprint density at radius 2 is 2.27 bits per heavy atom. The van der Waals surface area contributed by atoms with Gasteiger partial charge in [0.05, 0.1) is 10.9 Å². The summed E-state index contributed by atoms with van der Waals surface area (Å²) in [5, 5.41) is 16.9. The molecule has 118 valence electrons. The van der Waals surface area contributed by atoms with Crippen molar-refractivity contribution < 1.29 is 5.11 Å². The van der Waals surface area contributed by atoms with Crippen molar-refractivity contribution in [1.29, 1.82) is 0 Å². The number of nitrogens with zero attached hydrogens (tertiary/aromatic N) is 4. The second kappa shape index (κ2) is 6.36. The quantitative estimate of drug-likeness (QED) is 0.746. The number of thiophene rings is 1. The summed E-state index contributed by atoms with van der Waals surface area (Å²) in [7, 11) is 2.11. The molecule has 0 spiro atoms. The van der Waals surface area contributed by atoms with Crippen LogP contribution in [-0.2, 0) is 0 Å². The maximum Gasteiger partial charge on any atom is 0.230 e. The first-order valence-corrected chi connectivity index (χ1v) is 9.10. The molecule has 0 aromatic carbocycles. The average molecular weight is 336 g/mol. The number of aryl methyl sites for hydroxylation is 1. The Balaban J connectivity index is 2.03. The summed E-state index contributed by atoms with van der Waals surface area (Å²) in [6, 6.07) is 4.23. The number of rotatable bonds is 6. The van der Waals surface area contributed by atoms with Crippen LogP contribution >= 0.6 is 22.7 Å². The van der Waals surface area contributed by atoms with Gasteiger partial charge < -0.3 is 5.11 Å². The average Bonchev–Trinajstić information content (AvgIpc) is 3.18. The van der Waals surface area contributed by atoms with E-state index in [0.717, 1.165) is 29.2 Å². The van der Waals surface area contributed by atoms with Gasteiger partial charge in [-0.05, 0) is 38.4 Å². The molecule has 7 heteroatoms. The van der Waals surface area contributed by atoms with Crippen molar-refractivity contribution in [2.24, 2.45) is 0 Å². The summed E-state index contributed by atoms with van der Waals surface area (Å²) in [6.07, 6.45) is 2.29. The van der Waals surface area contributed by atoms with Gasteiger partial charge in [-0.25, -0.2) is 4.98 Å². The summed E-state index contributed by atoms with van der Waals surface area (Å²) in [5.74, 6) is 0.891. The number of aromatic nitrogens is 3. The second-order valence-electron chi connectivity index (χ2n) is 5.40. The van der Waals surface area contributed by atoms with Crippen molar-refractivity contribution >= 4 is 27.6 Å². The molecule has 0 aliphatic rings. The summed E-state index contributed by atoms with van der Waals surface area (Å²) in [4.78, 5) is 9.56. The highest BCUT2D eigenvalue weighted by Crippen LogP contribution is 2.40. The second-order valence-corrected chi connectivity index (χ2v) is 7.38. The van der Waals surface area contributed by atoms with E-state index in [1.54, 1.807) is 15.9 Å². The number of hydrogen-bond donors (Lipinski definition) is 1. The monoisotopic (exact) mass is 336 g/mol. The van der Waals surface area contributed by atoms with E-state index in [9.17, 15) is 5.11 Å². The Labute approximate surface area is 137 Å². The van der Waals surface area contributed by atoms with Crippen molar-refractivity contribution in [3.63, 3.8) is 0 Å². The Morgan fingerprint density at radius 1 is 1.45 bits per heavy atom. The number of thiazole rings is 1. The molecule has 3 heterocycles. The predicted octanol–water partition coefficient (Wildman–Crippen LogP) is 3.69. The number of unbranched alkanes of at least 4 members (excludes halogenated alkanes) is 1. The molecule has 1 atom stereocenters. The minimum Gasteiger partial charge on any atom is -0.492 e.